The van der Waals surface area contributed by atoms with Crippen LogP contribution >= 0.6 is 24.0 Å². The molecule has 5 heteroatoms. The fraction of sp³-hybridized carbons (Fsp3) is 0. The number of carbonyl (C=O) groups excluding carboxylic acids is 1. The van der Waals surface area contributed by atoms with Gasteiger partial charge in [-0.1, -0.05) is 6.07 Å². The van der Waals surface area contributed by atoms with Gasteiger partial charge in [0, 0.05) is 40.4 Å². The minimum Gasteiger partial charge on any atom is -0.366 e. The Labute approximate surface area is 116 Å². The van der Waals surface area contributed by atoms with E-state index in [-0.39, 0.29) is 19.5 Å². The molecule has 0 aliphatic carbocycles. The van der Waals surface area contributed by atoms with Crippen molar-refractivity contribution in [2.75, 3.05) is 0 Å². The third-order valence-corrected chi connectivity index (χ3v) is 3.36. The predicted molar refractivity (Wildman–Crippen MR) is 65.5 cm³/mol. The average Bonchev–Trinajstić information content (AvgIpc) is 2.71. The van der Waals surface area contributed by atoms with Crippen molar-refractivity contribution in [2.45, 2.75) is 4.90 Å². The molecular formula is C11H9NOS2Zn. The Kier molecular flexibility index (Phi) is 4.72. The van der Waals surface area contributed by atoms with Gasteiger partial charge in [-0.05, 0) is 29.6 Å². The zero-order valence-corrected chi connectivity index (χ0v) is 13.2. The number of amides is 1. The van der Waals surface area contributed by atoms with E-state index in [1.54, 1.807) is 29.5 Å². The number of primary amides is 1. The predicted octanol–water partition coefficient (Wildman–Crippen LogP) is 2.80. The van der Waals surface area contributed by atoms with E-state index in [9.17, 15) is 4.79 Å². The molecule has 0 atom stereocenters. The maximum Gasteiger partial charge on any atom is 0.248 e. The van der Waals surface area contributed by atoms with Gasteiger partial charge in [0.15, 0.2) is 0 Å². The van der Waals surface area contributed by atoms with Crippen LogP contribution in [0.3, 0.4) is 0 Å². The summed E-state index contributed by atoms with van der Waals surface area (Å²) >= 11 is 5.96. The van der Waals surface area contributed by atoms with Crippen LogP contribution in [0.15, 0.2) is 40.6 Å². The summed E-state index contributed by atoms with van der Waals surface area (Å²) in [6.07, 6.45) is 0. The number of hydrogen-bond donors (Lipinski definition) is 2. The minimum atomic E-state index is -0.416. The van der Waals surface area contributed by atoms with Crippen LogP contribution < -0.4 is 5.73 Å². The Morgan fingerprint density at radius 2 is 2.06 bits per heavy atom. The third kappa shape index (κ3) is 2.73. The van der Waals surface area contributed by atoms with E-state index in [0.717, 1.165) is 15.3 Å². The maximum atomic E-state index is 11.0. The molecule has 2 N–H and O–H groups in total. The van der Waals surface area contributed by atoms with Crippen molar-refractivity contribution in [3.05, 3.63) is 41.3 Å². The molecule has 16 heavy (non-hydrogen) atoms. The minimum absolute atomic E-state index is 0. The smallest absolute Gasteiger partial charge is 0.248 e. The average molecular weight is 301 g/mol. The van der Waals surface area contributed by atoms with Gasteiger partial charge in [-0.3, -0.25) is 4.79 Å². The number of benzene rings is 1. The molecule has 0 fully saturated rings. The zero-order chi connectivity index (χ0) is 10.8. The molecule has 0 aliphatic rings. The van der Waals surface area contributed by atoms with Crippen LogP contribution in [0, 0.1) is 0 Å². The first-order chi connectivity index (χ1) is 7.18. The van der Waals surface area contributed by atoms with Gasteiger partial charge in [-0.15, -0.1) is 24.0 Å². The first-order valence-corrected chi connectivity index (χ1v) is 5.68. The SMILES string of the molecule is NC(=O)c1ccc(S)c(-c2cccs2)c1.[Zn]. The van der Waals surface area contributed by atoms with Gasteiger partial charge in [0.1, 0.15) is 0 Å². The van der Waals surface area contributed by atoms with Crippen molar-refractivity contribution < 1.29 is 24.3 Å². The van der Waals surface area contributed by atoms with E-state index in [2.05, 4.69) is 12.6 Å². The van der Waals surface area contributed by atoms with Crippen molar-refractivity contribution in [3.63, 3.8) is 0 Å². The van der Waals surface area contributed by atoms with Crippen LogP contribution in [0.25, 0.3) is 10.4 Å². The molecule has 0 saturated carbocycles. The van der Waals surface area contributed by atoms with E-state index < -0.39 is 5.91 Å². The molecule has 78 valence electrons. The van der Waals surface area contributed by atoms with Crippen LogP contribution in [0.4, 0.5) is 0 Å². The molecule has 1 aromatic carbocycles. The third-order valence-electron chi connectivity index (χ3n) is 2.07. The molecule has 0 aliphatic heterocycles. The molecule has 0 bridgehead atoms. The quantitative estimate of drug-likeness (QED) is 0.650. The van der Waals surface area contributed by atoms with E-state index in [4.69, 9.17) is 5.73 Å². The van der Waals surface area contributed by atoms with Crippen LogP contribution in [-0.2, 0) is 19.5 Å². The monoisotopic (exact) mass is 299 g/mol. The van der Waals surface area contributed by atoms with Crippen molar-refractivity contribution >= 4 is 29.9 Å². The Bertz CT molecular complexity index is 497. The van der Waals surface area contributed by atoms with E-state index in [0.29, 0.717) is 5.56 Å². The second kappa shape index (κ2) is 5.62. The molecule has 0 unspecified atom stereocenters. The summed E-state index contributed by atoms with van der Waals surface area (Å²) in [6.45, 7) is 0. The summed E-state index contributed by atoms with van der Waals surface area (Å²) in [5, 5.41) is 1.99. The molecule has 0 spiro atoms. The first-order valence-electron chi connectivity index (χ1n) is 4.35. The van der Waals surface area contributed by atoms with Gasteiger partial charge in [0.25, 0.3) is 0 Å². The maximum absolute atomic E-state index is 11.0. The van der Waals surface area contributed by atoms with Crippen LogP contribution in [0.2, 0.25) is 0 Å². The summed E-state index contributed by atoms with van der Waals surface area (Å²) < 4.78 is 0. The van der Waals surface area contributed by atoms with Crippen molar-refractivity contribution in [1.29, 1.82) is 0 Å². The van der Waals surface area contributed by atoms with Crippen LogP contribution in [-0.4, -0.2) is 5.91 Å². The second-order valence-corrected chi connectivity index (χ2v) is 4.50. The zero-order valence-electron chi connectivity index (χ0n) is 8.51. The molecule has 2 nitrogen and oxygen atoms in total. The number of thiol groups is 1. The number of carbonyl (C=O) groups is 1. The number of nitrogens with two attached hydrogens (primary N) is 1. The summed E-state index contributed by atoms with van der Waals surface area (Å²) in [5.41, 5.74) is 6.68. The van der Waals surface area contributed by atoms with Gasteiger partial charge >= 0.3 is 0 Å². The molecule has 0 radical (unpaired) electrons. The Morgan fingerprint density at radius 1 is 1.31 bits per heavy atom. The second-order valence-electron chi connectivity index (χ2n) is 3.07. The van der Waals surface area contributed by atoms with E-state index >= 15 is 0 Å². The molecule has 2 rings (SSSR count). The normalized spacial score (nSPS) is 9.56. The van der Waals surface area contributed by atoms with Crippen LogP contribution in [0.5, 0.6) is 0 Å². The molecule has 1 amide bonds. The standard InChI is InChI=1S/C11H9NOS2.Zn/c12-11(13)7-3-4-9(14)8(6-7)10-2-1-5-15-10;/h1-6,14H,(H2,12,13);. The molecule has 0 saturated heterocycles. The van der Waals surface area contributed by atoms with Gasteiger partial charge in [-0.2, -0.15) is 0 Å². The fourth-order valence-corrected chi connectivity index (χ4v) is 2.41. The Morgan fingerprint density at radius 3 is 2.62 bits per heavy atom. The summed E-state index contributed by atoms with van der Waals surface area (Å²) in [6, 6.07) is 9.20. The summed E-state index contributed by atoms with van der Waals surface area (Å²) in [7, 11) is 0. The summed E-state index contributed by atoms with van der Waals surface area (Å²) in [5.74, 6) is -0.416. The number of rotatable bonds is 2. The van der Waals surface area contributed by atoms with Crippen LogP contribution in [0.1, 0.15) is 10.4 Å². The van der Waals surface area contributed by atoms with Gasteiger partial charge in [-0.25, -0.2) is 0 Å². The van der Waals surface area contributed by atoms with Gasteiger partial charge in [0.2, 0.25) is 5.91 Å². The van der Waals surface area contributed by atoms with Crippen molar-refractivity contribution in [1.82, 2.24) is 0 Å². The van der Waals surface area contributed by atoms with Crippen molar-refractivity contribution in [2.24, 2.45) is 5.73 Å². The largest absolute Gasteiger partial charge is 0.366 e. The van der Waals surface area contributed by atoms with Gasteiger partial charge in [0.05, 0.1) is 0 Å². The molecule has 1 aromatic heterocycles. The molecule has 2 aromatic rings. The fourth-order valence-electron chi connectivity index (χ4n) is 1.32. The topological polar surface area (TPSA) is 43.1 Å². The van der Waals surface area contributed by atoms with E-state index in [1.165, 1.54) is 0 Å². The number of hydrogen-bond acceptors (Lipinski definition) is 3. The van der Waals surface area contributed by atoms with Crippen molar-refractivity contribution in [3.8, 4) is 10.4 Å². The first kappa shape index (κ1) is 13.4. The van der Waals surface area contributed by atoms with Gasteiger partial charge < -0.3 is 5.73 Å². The molecular weight excluding hydrogens is 292 g/mol. The molecule has 1 heterocycles. The Balaban J connectivity index is 0.00000128. The number of thiophene rings is 1. The Hall–Kier alpha value is -0.637. The summed E-state index contributed by atoms with van der Waals surface area (Å²) in [4.78, 5) is 13.0. The van der Waals surface area contributed by atoms with E-state index in [1.807, 2.05) is 17.5 Å².